The van der Waals surface area contributed by atoms with E-state index in [9.17, 15) is 14.0 Å². The van der Waals surface area contributed by atoms with Gasteiger partial charge in [0.2, 0.25) is 0 Å². The number of carbonyl (C=O) groups excluding carboxylic acids is 1. The first-order valence-electron chi connectivity index (χ1n) is 6.68. The van der Waals surface area contributed by atoms with E-state index in [2.05, 4.69) is 5.32 Å². The second-order valence-electron chi connectivity index (χ2n) is 5.09. The molecule has 1 atom stereocenters. The number of benzene rings is 1. The Bertz CT molecular complexity index is 553. The molecule has 1 aromatic carbocycles. The molecule has 2 rings (SSSR count). The van der Waals surface area contributed by atoms with E-state index in [1.807, 2.05) is 0 Å². The van der Waals surface area contributed by atoms with Crippen molar-refractivity contribution in [1.29, 1.82) is 0 Å². The number of anilines is 1. The van der Waals surface area contributed by atoms with Gasteiger partial charge in [-0.15, -0.1) is 0 Å². The number of rotatable bonds is 4. The Hall–Kier alpha value is -1.82. The summed E-state index contributed by atoms with van der Waals surface area (Å²) in [6, 6.07) is 3.76. The summed E-state index contributed by atoms with van der Waals surface area (Å²) in [5.41, 5.74) is 0.343. The zero-order chi connectivity index (χ0) is 15.4. The number of nitrogens with one attached hydrogen (secondary N) is 1. The standard InChI is InChI=1S/C14H16ClFN2O3/c15-11-3-2-10(7-12(11)16)17-14(21)18-6-5-9(8-18)1-4-13(19)20/h2-3,7,9H,1,4-6,8H2,(H,17,21)(H,19,20). The average Bonchev–Trinajstić information content (AvgIpc) is 2.89. The molecule has 2 N–H and O–H groups in total. The Kier molecular flexibility index (Phi) is 5.01. The molecular weight excluding hydrogens is 299 g/mol. The third kappa shape index (κ3) is 4.32. The zero-order valence-electron chi connectivity index (χ0n) is 11.3. The number of hydrogen-bond donors (Lipinski definition) is 2. The average molecular weight is 315 g/mol. The third-order valence-corrected chi connectivity index (χ3v) is 3.82. The number of likely N-dealkylation sites (tertiary alicyclic amines) is 1. The van der Waals surface area contributed by atoms with Gasteiger partial charge in [-0.05, 0) is 37.0 Å². The Morgan fingerprint density at radius 2 is 2.24 bits per heavy atom. The molecule has 1 saturated heterocycles. The van der Waals surface area contributed by atoms with Crippen LogP contribution in [0.25, 0.3) is 0 Å². The molecule has 1 aromatic rings. The van der Waals surface area contributed by atoms with Crippen molar-refractivity contribution in [3.05, 3.63) is 29.0 Å². The summed E-state index contributed by atoms with van der Waals surface area (Å²) in [6.45, 7) is 1.10. The van der Waals surface area contributed by atoms with Crippen molar-refractivity contribution >= 4 is 29.3 Å². The molecule has 0 radical (unpaired) electrons. The van der Waals surface area contributed by atoms with Crippen molar-refractivity contribution in [3.8, 4) is 0 Å². The van der Waals surface area contributed by atoms with Crippen LogP contribution in [0.5, 0.6) is 0 Å². The fourth-order valence-corrected chi connectivity index (χ4v) is 2.47. The highest BCUT2D eigenvalue weighted by Crippen LogP contribution is 2.23. The van der Waals surface area contributed by atoms with Gasteiger partial charge in [-0.3, -0.25) is 4.79 Å². The third-order valence-electron chi connectivity index (χ3n) is 3.51. The van der Waals surface area contributed by atoms with Crippen LogP contribution in [0.2, 0.25) is 5.02 Å². The van der Waals surface area contributed by atoms with E-state index in [-0.39, 0.29) is 23.4 Å². The van der Waals surface area contributed by atoms with Gasteiger partial charge in [-0.25, -0.2) is 9.18 Å². The lowest BCUT2D eigenvalue weighted by Crippen LogP contribution is -2.33. The van der Waals surface area contributed by atoms with Crippen LogP contribution in [0.1, 0.15) is 19.3 Å². The summed E-state index contributed by atoms with van der Waals surface area (Å²) in [6.07, 6.45) is 1.47. The maximum Gasteiger partial charge on any atom is 0.321 e. The molecule has 0 saturated carbocycles. The number of hydrogen-bond acceptors (Lipinski definition) is 2. The minimum absolute atomic E-state index is 0.00269. The summed E-state index contributed by atoms with van der Waals surface area (Å²) < 4.78 is 13.3. The lowest BCUT2D eigenvalue weighted by molar-refractivity contribution is -0.137. The summed E-state index contributed by atoms with van der Waals surface area (Å²) >= 11 is 5.58. The van der Waals surface area contributed by atoms with Crippen LogP contribution in [-0.4, -0.2) is 35.1 Å². The van der Waals surface area contributed by atoms with Crippen molar-refractivity contribution in [3.63, 3.8) is 0 Å². The molecule has 1 unspecified atom stereocenters. The molecular formula is C14H16ClFN2O3. The molecule has 0 bridgehead atoms. The molecule has 0 aliphatic carbocycles. The predicted molar refractivity (Wildman–Crippen MR) is 77.0 cm³/mol. The van der Waals surface area contributed by atoms with Gasteiger partial charge < -0.3 is 15.3 Å². The molecule has 0 spiro atoms. The number of nitrogens with zero attached hydrogens (tertiary/aromatic N) is 1. The van der Waals surface area contributed by atoms with Crippen LogP contribution >= 0.6 is 11.6 Å². The summed E-state index contributed by atoms with van der Waals surface area (Å²) in [5, 5.41) is 11.3. The summed E-state index contributed by atoms with van der Waals surface area (Å²) in [7, 11) is 0. The lowest BCUT2D eigenvalue weighted by Gasteiger charge is -2.17. The van der Waals surface area contributed by atoms with Gasteiger partial charge in [0.25, 0.3) is 0 Å². The molecule has 2 amide bonds. The second kappa shape index (κ2) is 6.76. The van der Waals surface area contributed by atoms with E-state index in [4.69, 9.17) is 16.7 Å². The van der Waals surface area contributed by atoms with Crippen LogP contribution in [0.3, 0.4) is 0 Å². The number of halogens is 2. The normalized spacial score (nSPS) is 17.8. The van der Waals surface area contributed by atoms with E-state index < -0.39 is 11.8 Å². The summed E-state index contributed by atoms with van der Waals surface area (Å²) in [5.74, 6) is -1.21. The molecule has 1 aliphatic heterocycles. The van der Waals surface area contributed by atoms with Crippen molar-refractivity contribution < 1.29 is 19.1 Å². The molecule has 1 aliphatic rings. The zero-order valence-corrected chi connectivity index (χ0v) is 12.1. The SMILES string of the molecule is O=C(O)CCC1CCN(C(=O)Nc2ccc(Cl)c(F)c2)C1. The van der Waals surface area contributed by atoms with Crippen LogP contribution in [0.15, 0.2) is 18.2 Å². The number of carboxylic acid groups (broad SMARTS) is 1. The Labute approximate surface area is 126 Å². The Morgan fingerprint density at radius 3 is 2.90 bits per heavy atom. The number of carboxylic acids is 1. The number of amides is 2. The number of urea groups is 1. The number of carbonyl (C=O) groups is 2. The molecule has 114 valence electrons. The van der Waals surface area contributed by atoms with Crippen molar-refractivity contribution in [2.45, 2.75) is 19.3 Å². The first-order valence-corrected chi connectivity index (χ1v) is 7.06. The first-order chi connectivity index (χ1) is 9.95. The van der Waals surface area contributed by atoms with Gasteiger partial charge >= 0.3 is 12.0 Å². The summed E-state index contributed by atoms with van der Waals surface area (Å²) in [4.78, 5) is 24.2. The van der Waals surface area contributed by atoms with Crippen LogP contribution < -0.4 is 5.32 Å². The number of aliphatic carboxylic acids is 1. The fraction of sp³-hybridized carbons (Fsp3) is 0.429. The molecule has 7 heteroatoms. The second-order valence-corrected chi connectivity index (χ2v) is 5.50. The lowest BCUT2D eigenvalue weighted by atomic mass is 10.0. The maximum absolute atomic E-state index is 13.3. The molecule has 0 aromatic heterocycles. The maximum atomic E-state index is 13.3. The van der Waals surface area contributed by atoms with Crippen molar-refractivity contribution in [1.82, 2.24) is 4.90 Å². The highest BCUT2D eigenvalue weighted by Gasteiger charge is 2.26. The highest BCUT2D eigenvalue weighted by atomic mass is 35.5. The topological polar surface area (TPSA) is 69.6 Å². The Balaban J connectivity index is 1.86. The van der Waals surface area contributed by atoms with Gasteiger partial charge in [0.05, 0.1) is 5.02 Å². The van der Waals surface area contributed by atoms with Crippen LogP contribution in [0.4, 0.5) is 14.9 Å². The van der Waals surface area contributed by atoms with E-state index in [0.29, 0.717) is 25.2 Å². The van der Waals surface area contributed by atoms with Gasteiger partial charge in [-0.1, -0.05) is 11.6 Å². The van der Waals surface area contributed by atoms with Gasteiger partial charge in [0.15, 0.2) is 0 Å². The van der Waals surface area contributed by atoms with E-state index >= 15 is 0 Å². The molecule has 1 fully saturated rings. The molecule has 21 heavy (non-hydrogen) atoms. The molecule has 5 nitrogen and oxygen atoms in total. The van der Waals surface area contributed by atoms with Crippen LogP contribution in [-0.2, 0) is 4.79 Å². The monoisotopic (exact) mass is 314 g/mol. The van der Waals surface area contributed by atoms with Crippen molar-refractivity contribution in [2.75, 3.05) is 18.4 Å². The van der Waals surface area contributed by atoms with Crippen LogP contribution in [0, 0.1) is 11.7 Å². The van der Waals surface area contributed by atoms with Gasteiger partial charge in [-0.2, -0.15) is 0 Å². The van der Waals surface area contributed by atoms with E-state index in [1.165, 1.54) is 12.1 Å². The smallest absolute Gasteiger partial charge is 0.321 e. The largest absolute Gasteiger partial charge is 0.481 e. The first kappa shape index (κ1) is 15.6. The van der Waals surface area contributed by atoms with E-state index in [0.717, 1.165) is 12.5 Å². The minimum atomic E-state index is -0.824. The quantitative estimate of drug-likeness (QED) is 0.896. The van der Waals surface area contributed by atoms with E-state index in [1.54, 1.807) is 4.90 Å². The highest BCUT2D eigenvalue weighted by molar-refractivity contribution is 6.30. The predicted octanol–water partition coefficient (Wildman–Crippen LogP) is 3.20. The fourth-order valence-electron chi connectivity index (χ4n) is 2.36. The minimum Gasteiger partial charge on any atom is -0.481 e. The van der Waals surface area contributed by atoms with Gasteiger partial charge in [0, 0.05) is 25.2 Å². The Morgan fingerprint density at radius 1 is 1.48 bits per heavy atom. The molecule has 1 heterocycles. The van der Waals surface area contributed by atoms with Crippen molar-refractivity contribution in [2.24, 2.45) is 5.92 Å². The van der Waals surface area contributed by atoms with Gasteiger partial charge in [0.1, 0.15) is 5.82 Å².